The number of hydrogen-bond donors (Lipinski definition) is 2. The van der Waals surface area contributed by atoms with Crippen molar-refractivity contribution in [3.63, 3.8) is 0 Å². The number of nitrogens with two attached hydrogens (primary N) is 1. The smallest absolute Gasteiger partial charge is 0.222 e. The number of nitrogens with one attached hydrogen (secondary N) is 1. The van der Waals surface area contributed by atoms with Crippen LogP contribution in [0.4, 0.5) is 17.1 Å². The Kier molecular flexibility index (Phi) is 10.9. The minimum atomic E-state index is -0.343. The summed E-state index contributed by atoms with van der Waals surface area (Å²) in [5, 5.41) is 3.55. The molecule has 0 aliphatic carbocycles. The molecular formula is C31H47N5O2. The van der Waals surface area contributed by atoms with Crippen molar-refractivity contribution in [2.24, 2.45) is 17.6 Å². The molecule has 1 heterocycles. The summed E-state index contributed by atoms with van der Waals surface area (Å²) in [6, 6.07) is 17.8. The first kappa shape index (κ1) is 29.3. The number of anilines is 3. The van der Waals surface area contributed by atoms with E-state index in [9.17, 15) is 9.59 Å². The SMILES string of the molecule is CC(C)CCN(c1ccc(NCc2ccc(N(C)C)cc2)cc1)C1CCN(C(=O)CC(C)CC(N)=O)CC1. The van der Waals surface area contributed by atoms with Crippen molar-refractivity contribution in [3.8, 4) is 0 Å². The van der Waals surface area contributed by atoms with E-state index in [0.29, 0.717) is 18.4 Å². The molecule has 1 unspecified atom stereocenters. The van der Waals surface area contributed by atoms with E-state index in [4.69, 9.17) is 5.73 Å². The first-order valence-electron chi connectivity index (χ1n) is 14.0. The molecule has 0 bridgehead atoms. The van der Waals surface area contributed by atoms with E-state index in [-0.39, 0.29) is 24.2 Å². The van der Waals surface area contributed by atoms with E-state index in [2.05, 4.69) is 91.6 Å². The molecule has 2 amide bonds. The second-order valence-electron chi connectivity index (χ2n) is 11.4. The summed E-state index contributed by atoms with van der Waals surface area (Å²) in [7, 11) is 4.11. The van der Waals surface area contributed by atoms with Crippen LogP contribution in [0.3, 0.4) is 0 Å². The maximum atomic E-state index is 12.8. The quantitative estimate of drug-likeness (QED) is 0.383. The van der Waals surface area contributed by atoms with Crippen LogP contribution in [0.5, 0.6) is 0 Å². The average Bonchev–Trinajstić information content (AvgIpc) is 2.88. The van der Waals surface area contributed by atoms with Gasteiger partial charge in [0.2, 0.25) is 11.8 Å². The lowest BCUT2D eigenvalue weighted by atomic mass is 9.98. The van der Waals surface area contributed by atoms with Crippen LogP contribution in [0.2, 0.25) is 0 Å². The lowest BCUT2D eigenvalue weighted by molar-refractivity contribution is -0.133. The third-order valence-corrected chi connectivity index (χ3v) is 7.43. The highest BCUT2D eigenvalue weighted by Gasteiger charge is 2.28. The molecule has 38 heavy (non-hydrogen) atoms. The highest BCUT2D eigenvalue weighted by molar-refractivity contribution is 5.78. The molecule has 1 fully saturated rings. The second kappa shape index (κ2) is 14.1. The summed E-state index contributed by atoms with van der Waals surface area (Å²) in [6.07, 6.45) is 3.69. The molecule has 7 heteroatoms. The number of hydrogen-bond acceptors (Lipinski definition) is 5. The van der Waals surface area contributed by atoms with Crippen molar-refractivity contribution >= 4 is 28.9 Å². The monoisotopic (exact) mass is 521 g/mol. The van der Waals surface area contributed by atoms with Crippen LogP contribution in [0.25, 0.3) is 0 Å². The average molecular weight is 522 g/mol. The van der Waals surface area contributed by atoms with Gasteiger partial charge in [-0.1, -0.05) is 32.9 Å². The molecule has 3 N–H and O–H groups in total. The fourth-order valence-electron chi connectivity index (χ4n) is 5.08. The lowest BCUT2D eigenvalue weighted by Gasteiger charge is -2.40. The molecule has 0 spiro atoms. The molecule has 1 atom stereocenters. The molecule has 0 aromatic heterocycles. The normalized spacial score (nSPS) is 14.8. The molecule has 0 radical (unpaired) electrons. The molecule has 2 aromatic rings. The van der Waals surface area contributed by atoms with E-state index >= 15 is 0 Å². The van der Waals surface area contributed by atoms with Crippen molar-refractivity contribution in [2.45, 2.75) is 65.5 Å². The van der Waals surface area contributed by atoms with E-state index in [1.54, 1.807) is 0 Å². The Balaban J connectivity index is 1.58. The number of amides is 2. The van der Waals surface area contributed by atoms with Crippen molar-refractivity contribution in [1.82, 2.24) is 4.90 Å². The van der Waals surface area contributed by atoms with Crippen LogP contribution >= 0.6 is 0 Å². The minimum absolute atomic E-state index is 0.00945. The zero-order valence-electron chi connectivity index (χ0n) is 24.0. The van der Waals surface area contributed by atoms with Gasteiger partial charge in [-0.05, 0) is 73.1 Å². The third-order valence-electron chi connectivity index (χ3n) is 7.43. The largest absolute Gasteiger partial charge is 0.381 e. The number of primary amides is 1. The highest BCUT2D eigenvalue weighted by atomic mass is 16.2. The fourth-order valence-corrected chi connectivity index (χ4v) is 5.08. The summed E-state index contributed by atoms with van der Waals surface area (Å²) in [5.41, 5.74) is 10.1. The molecule has 1 aliphatic heterocycles. The first-order chi connectivity index (χ1) is 18.1. The molecule has 2 aromatic carbocycles. The number of benzene rings is 2. The number of likely N-dealkylation sites (tertiary alicyclic amines) is 1. The number of rotatable bonds is 13. The molecule has 3 rings (SSSR count). The van der Waals surface area contributed by atoms with E-state index < -0.39 is 0 Å². The summed E-state index contributed by atoms with van der Waals surface area (Å²) >= 11 is 0. The summed E-state index contributed by atoms with van der Waals surface area (Å²) in [5.74, 6) is 0.415. The zero-order valence-corrected chi connectivity index (χ0v) is 24.0. The van der Waals surface area contributed by atoms with Gasteiger partial charge in [-0.25, -0.2) is 0 Å². The second-order valence-corrected chi connectivity index (χ2v) is 11.4. The molecule has 208 valence electrons. The summed E-state index contributed by atoms with van der Waals surface area (Å²) < 4.78 is 0. The van der Waals surface area contributed by atoms with E-state index in [1.807, 2.05) is 11.8 Å². The van der Waals surface area contributed by atoms with Crippen LogP contribution in [-0.2, 0) is 16.1 Å². The molecule has 1 saturated heterocycles. The van der Waals surface area contributed by atoms with Crippen molar-refractivity contribution in [1.29, 1.82) is 0 Å². The van der Waals surface area contributed by atoms with Crippen LogP contribution in [0.1, 0.15) is 58.4 Å². The maximum Gasteiger partial charge on any atom is 0.222 e. The van der Waals surface area contributed by atoms with Gasteiger partial charge in [0, 0.05) is 76.2 Å². The van der Waals surface area contributed by atoms with Crippen molar-refractivity contribution in [2.75, 3.05) is 48.8 Å². The van der Waals surface area contributed by atoms with Gasteiger partial charge < -0.3 is 25.8 Å². The van der Waals surface area contributed by atoms with Crippen LogP contribution in [0, 0.1) is 11.8 Å². The van der Waals surface area contributed by atoms with Crippen LogP contribution < -0.4 is 20.9 Å². The number of carbonyl (C=O) groups is 2. The van der Waals surface area contributed by atoms with Gasteiger partial charge in [0.05, 0.1) is 0 Å². The maximum absolute atomic E-state index is 12.8. The number of carbonyl (C=O) groups excluding carboxylic acids is 2. The molecule has 1 aliphatic rings. The zero-order chi connectivity index (χ0) is 27.7. The summed E-state index contributed by atoms with van der Waals surface area (Å²) in [4.78, 5) is 30.5. The first-order valence-corrected chi connectivity index (χ1v) is 14.0. The Morgan fingerprint density at radius 3 is 2.11 bits per heavy atom. The van der Waals surface area contributed by atoms with Crippen molar-refractivity contribution in [3.05, 3.63) is 54.1 Å². The lowest BCUT2D eigenvalue weighted by Crippen LogP contribution is -2.47. The van der Waals surface area contributed by atoms with E-state index in [1.165, 1.54) is 16.9 Å². The predicted molar refractivity (Wildman–Crippen MR) is 159 cm³/mol. The van der Waals surface area contributed by atoms with Gasteiger partial charge in [-0.3, -0.25) is 9.59 Å². The third kappa shape index (κ3) is 8.96. The van der Waals surface area contributed by atoms with Gasteiger partial charge in [-0.2, -0.15) is 0 Å². The Morgan fingerprint density at radius 1 is 0.947 bits per heavy atom. The Hall–Kier alpha value is -3.22. The molecular weight excluding hydrogens is 474 g/mol. The topological polar surface area (TPSA) is 81.9 Å². The van der Waals surface area contributed by atoms with Gasteiger partial charge in [0.15, 0.2) is 0 Å². The van der Waals surface area contributed by atoms with Gasteiger partial charge >= 0.3 is 0 Å². The predicted octanol–water partition coefficient (Wildman–Crippen LogP) is 5.11. The molecule has 0 saturated carbocycles. The number of piperidine rings is 1. The fraction of sp³-hybridized carbons (Fsp3) is 0.548. The van der Waals surface area contributed by atoms with Crippen LogP contribution in [-0.4, -0.2) is 56.5 Å². The van der Waals surface area contributed by atoms with E-state index in [0.717, 1.165) is 51.1 Å². The van der Waals surface area contributed by atoms with Gasteiger partial charge in [0.25, 0.3) is 0 Å². The Labute approximate surface area is 229 Å². The minimum Gasteiger partial charge on any atom is -0.381 e. The molecule has 7 nitrogen and oxygen atoms in total. The Bertz CT molecular complexity index is 1010. The van der Waals surface area contributed by atoms with Crippen molar-refractivity contribution < 1.29 is 9.59 Å². The van der Waals surface area contributed by atoms with Crippen LogP contribution in [0.15, 0.2) is 48.5 Å². The summed E-state index contributed by atoms with van der Waals surface area (Å²) in [6.45, 7) is 9.78. The van der Waals surface area contributed by atoms with Gasteiger partial charge in [-0.15, -0.1) is 0 Å². The van der Waals surface area contributed by atoms with Gasteiger partial charge in [0.1, 0.15) is 0 Å². The highest BCUT2D eigenvalue weighted by Crippen LogP contribution is 2.27. The standard InChI is InChI=1S/C31H47N5O2/c1-23(2)14-19-36(29-15-17-35(18-16-29)31(38)21-24(3)20-30(32)37)28-12-8-26(9-13-28)33-22-25-6-10-27(11-7-25)34(4)5/h6-13,23-24,29,33H,14-22H2,1-5H3,(H2,32,37). The number of nitrogens with zero attached hydrogens (tertiary/aromatic N) is 3. The Morgan fingerprint density at radius 2 is 1.55 bits per heavy atom.